The number of carbonyl (C=O) groups is 1. The number of esters is 1. The van der Waals surface area contributed by atoms with Crippen LogP contribution in [-0.4, -0.2) is 12.6 Å². The summed E-state index contributed by atoms with van der Waals surface area (Å²) in [6, 6.07) is 23.1. The number of aryl methyl sites for hydroxylation is 1. The number of hydrogen-bond acceptors (Lipinski definition) is 3. The van der Waals surface area contributed by atoms with Gasteiger partial charge in [-0.2, -0.15) is 0 Å². The Morgan fingerprint density at radius 1 is 0.880 bits per heavy atom. The van der Waals surface area contributed by atoms with Crippen LogP contribution in [0.4, 0.5) is 0 Å². The minimum absolute atomic E-state index is 0.150. The van der Waals surface area contributed by atoms with Crippen molar-refractivity contribution in [3.8, 4) is 22.6 Å². The normalized spacial score (nSPS) is 10.3. The van der Waals surface area contributed by atoms with Crippen molar-refractivity contribution < 1.29 is 14.3 Å². The third-order valence-corrected chi connectivity index (χ3v) is 4.31. The molecule has 0 amide bonds. The van der Waals surface area contributed by atoms with Crippen molar-refractivity contribution in [1.29, 1.82) is 0 Å². The molecule has 0 aromatic heterocycles. The Kier molecular flexibility index (Phi) is 5.51. The number of carbonyl (C=O) groups excluding carboxylic acids is 1. The molecule has 0 saturated carbocycles. The highest BCUT2D eigenvalue weighted by Crippen LogP contribution is 2.24. The molecule has 0 spiro atoms. The third kappa shape index (κ3) is 4.70. The molecule has 0 heterocycles. The summed E-state index contributed by atoms with van der Waals surface area (Å²) in [6.07, 6.45) is 0. The van der Waals surface area contributed by atoms with E-state index >= 15 is 0 Å². The summed E-state index contributed by atoms with van der Waals surface area (Å²) >= 11 is 3.37. The summed E-state index contributed by atoms with van der Waals surface area (Å²) in [4.78, 5) is 11.9. The predicted molar refractivity (Wildman–Crippen MR) is 102 cm³/mol. The fraction of sp³-hybridized carbons (Fsp3) is 0.0952. The molecule has 0 N–H and O–H groups in total. The highest BCUT2D eigenvalue weighted by atomic mass is 79.9. The number of ether oxygens (including phenoxy) is 2. The Balaban J connectivity index is 1.58. The van der Waals surface area contributed by atoms with E-state index in [1.165, 1.54) is 5.56 Å². The Bertz CT molecular complexity index is 855. The van der Waals surface area contributed by atoms with Crippen molar-refractivity contribution in [1.82, 2.24) is 0 Å². The lowest BCUT2D eigenvalue weighted by atomic mass is 10.0. The molecule has 0 fully saturated rings. The highest BCUT2D eigenvalue weighted by molar-refractivity contribution is 9.10. The van der Waals surface area contributed by atoms with Gasteiger partial charge in [-0.25, -0.2) is 4.79 Å². The zero-order valence-electron chi connectivity index (χ0n) is 13.7. The second-order valence-corrected chi connectivity index (χ2v) is 6.44. The smallest absolute Gasteiger partial charge is 0.349 e. The number of benzene rings is 3. The molecule has 3 aromatic carbocycles. The first-order valence-electron chi connectivity index (χ1n) is 7.87. The average molecular weight is 397 g/mol. The van der Waals surface area contributed by atoms with Crippen LogP contribution >= 0.6 is 15.9 Å². The molecule has 0 aliphatic rings. The van der Waals surface area contributed by atoms with E-state index in [0.29, 0.717) is 11.5 Å². The first-order valence-corrected chi connectivity index (χ1v) is 8.66. The Morgan fingerprint density at radius 2 is 1.48 bits per heavy atom. The molecule has 0 unspecified atom stereocenters. The van der Waals surface area contributed by atoms with E-state index in [0.717, 1.165) is 15.6 Å². The van der Waals surface area contributed by atoms with Crippen LogP contribution in [0.5, 0.6) is 11.5 Å². The van der Waals surface area contributed by atoms with E-state index in [-0.39, 0.29) is 6.61 Å². The predicted octanol–water partition coefficient (Wildman–Crippen LogP) is 5.41. The van der Waals surface area contributed by atoms with Gasteiger partial charge in [-0.3, -0.25) is 0 Å². The summed E-state index contributed by atoms with van der Waals surface area (Å²) in [5.74, 6) is 0.657. The third-order valence-electron chi connectivity index (χ3n) is 3.65. The maximum absolute atomic E-state index is 11.9. The lowest BCUT2D eigenvalue weighted by molar-refractivity contribution is -0.136. The van der Waals surface area contributed by atoms with Crippen molar-refractivity contribution >= 4 is 21.9 Å². The molecule has 0 bridgehead atoms. The van der Waals surface area contributed by atoms with E-state index in [4.69, 9.17) is 9.47 Å². The Hall–Kier alpha value is -2.59. The highest BCUT2D eigenvalue weighted by Gasteiger charge is 2.08. The van der Waals surface area contributed by atoms with Crippen molar-refractivity contribution in [2.75, 3.05) is 6.61 Å². The van der Waals surface area contributed by atoms with Gasteiger partial charge in [0.2, 0.25) is 0 Å². The first-order chi connectivity index (χ1) is 12.1. The minimum atomic E-state index is -0.446. The second kappa shape index (κ2) is 7.99. The van der Waals surface area contributed by atoms with Crippen LogP contribution in [0.25, 0.3) is 11.1 Å². The van der Waals surface area contributed by atoms with Crippen LogP contribution in [0.3, 0.4) is 0 Å². The fourth-order valence-corrected chi connectivity index (χ4v) is 2.72. The lowest BCUT2D eigenvalue weighted by Crippen LogP contribution is -2.17. The number of hydrogen-bond donors (Lipinski definition) is 0. The molecule has 0 atom stereocenters. The molecule has 4 heteroatoms. The van der Waals surface area contributed by atoms with E-state index in [1.807, 2.05) is 30.3 Å². The quantitative estimate of drug-likeness (QED) is 0.427. The van der Waals surface area contributed by atoms with Crippen LogP contribution in [0.1, 0.15) is 5.56 Å². The van der Waals surface area contributed by atoms with Gasteiger partial charge in [0.15, 0.2) is 6.61 Å². The van der Waals surface area contributed by atoms with Gasteiger partial charge in [-0.05, 0) is 58.2 Å². The van der Waals surface area contributed by atoms with Gasteiger partial charge >= 0.3 is 5.97 Å². The summed E-state index contributed by atoms with van der Waals surface area (Å²) in [6.45, 7) is 1.91. The van der Waals surface area contributed by atoms with Gasteiger partial charge in [-0.15, -0.1) is 0 Å². The monoisotopic (exact) mass is 396 g/mol. The number of halogens is 1. The Labute approximate surface area is 155 Å². The first kappa shape index (κ1) is 17.2. The Morgan fingerprint density at radius 3 is 2.12 bits per heavy atom. The molecule has 0 radical (unpaired) electrons. The van der Waals surface area contributed by atoms with Crippen molar-refractivity contribution in [3.05, 3.63) is 82.8 Å². The molecule has 0 saturated heterocycles. The van der Waals surface area contributed by atoms with Gasteiger partial charge in [-0.1, -0.05) is 54.1 Å². The van der Waals surface area contributed by atoms with Crippen molar-refractivity contribution in [3.63, 3.8) is 0 Å². The largest absolute Gasteiger partial charge is 0.481 e. The molecular weight excluding hydrogens is 380 g/mol. The van der Waals surface area contributed by atoms with Gasteiger partial charge in [0.25, 0.3) is 0 Å². The second-order valence-electron chi connectivity index (χ2n) is 5.58. The fourth-order valence-electron chi connectivity index (χ4n) is 2.32. The van der Waals surface area contributed by atoms with Crippen LogP contribution < -0.4 is 9.47 Å². The van der Waals surface area contributed by atoms with Gasteiger partial charge in [0.05, 0.1) is 4.47 Å². The van der Waals surface area contributed by atoms with Crippen LogP contribution in [0.15, 0.2) is 77.3 Å². The molecule has 0 aliphatic carbocycles. The molecule has 3 nitrogen and oxygen atoms in total. The van der Waals surface area contributed by atoms with E-state index in [2.05, 4.69) is 47.1 Å². The van der Waals surface area contributed by atoms with Gasteiger partial charge < -0.3 is 9.47 Å². The zero-order valence-corrected chi connectivity index (χ0v) is 15.3. The molecule has 3 rings (SSSR count). The molecule has 0 aliphatic heterocycles. The van der Waals surface area contributed by atoms with Crippen LogP contribution in [0, 0.1) is 6.92 Å². The maximum Gasteiger partial charge on any atom is 0.349 e. The minimum Gasteiger partial charge on any atom is -0.481 e. The van der Waals surface area contributed by atoms with Crippen molar-refractivity contribution in [2.45, 2.75) is 6.92 Å². The molecule has 3 aromatic rings. The standard InChI is InChI=1S/C21H17BrO3/c1-15-6-8-16(9-7-15)17-10-12-18(13-11-17)25-21(23)14-24-20-5-3-2-4-19(20)22/h2-13H,14H2,1H3. The molecule has 25 heavy (non-hydrogen) atoms. The molecule has 126 valence electrons. The van der Waals surface area contributed by atoms with Gasteiger partial charge in [0, 0.05) is 0 Å². The van der Waals surface area contributed by atoms with E-state index in [1.54, 1.807) is 18.2 Å². The van der Waals surface area contributed by atoms with E-state index in [9.17, 15) is 4.79 Å². The summed E-state index contributed by atoms with van der Waals surface area (Å²) in [5.41, 5.74) is 3.42. The average Bonchev–Trinajstić information content (AvgIpc) is 2.62. The summed E-state index contributed by atoms with van der Waals surface area (Å²) in [5, 5.41) is 0. The van der Waals surface area contributed by atoms with Crippen molar-refractivity contribution in [2.24, 2.45) is 0 Å². The zero-order chi connectivity index (χ0) is 17.6. The topological polar surface area (TPSA) is 35.5 Å². The van der Waals surface area contributed by atoms with Crippen LogP contribution in [-0.2, 0) is 4.79 Å². The number of para-hydroxylation sites is 1. The van der Waals surface area contributed by atoms with Crippen LogP contribution in [0.2, 0.25) is 0 Å². The lowest BCUT2D eigenvalue weighted by Gasteiger charge is -2.09. The molecular formula is C21H17BrO3. The number of rotatable bonds is 5. The SMILES string of the molecule is Cc1ccc(-c2ccc(OC(=O)COc3ccccc3Br)cc2)cc1. The summed E-state index contributed by atoms with van der Waals surface area (Å²) < 4.78 is 11.6. The summed E-state index contributed by atoms with van der Waals surface area (Å²) in [7, 11) is 0. The maximum atomic E-state index is 11.9. The van der Waals surface area contributed by atoms with Gasteiger partial charge in [0.1, 0.15) is 11.5 Å². The van der Waals surface area contributed by atoms with E-state index < -0.39 is 5.97 Å².